The lowest BCUT2D eigenvalue weighted by molar-refractivity contribution is -0.113. The van der Waals surface area contributed by atoms with Gasteiger partial charge in [0, 0.05) is 27.5 Å². The number of halogens is 1. The number of esters is 1. The molecule has 0 spiro atoms. The zero-order chi connectivity index (χ0) is 24.8. The molecule has 2 heterocycles. The molecular weight excluding hydrogens is 548 g/mol. The normalized spacial score (nSPS) is 10.8. The number of anilines is 1. The van der Waals surface area contributed by atoms with E-state index in [2.05, 4.69) is 31.4 Å². The van der Waals surface area contributed by atoms with Crippen LogP contribution in [0.3, 0.4) is 0 Å². The third kappa shape index (κ3) is 5.83. The van der Waals surface area contributed by atoms with Crippen LogP contribution in [0.1, 0.15) is 24.2 Å². The lowest BCUT2D eigenvalue weighted by Crippen LogP contribution is -2.16. The van der Waals surface area contributed by atoms with Gasteiger partial charge in [0.1, 0.15) is 10.6 Å². The minimum atomic E-state index is -0.458. The van der Waals surface area contributed by atoms with Crippen LogP contribution in [-0.4, -0.2) is 39.0 Å². The standard InChI is InChI=1S/C25H23BrN4O3S2/c1-3-30-22(17-10-12-18(26)13-11-17)28-29-25(30)35-15-20(31)27-23-21(24(32)33-4-2)19(14-34-23)16-8-6-5-7-9-16/h5-14H,3-4,15H2,1-2H3,(H,27,31). The molecule has 0 aliphatic heterocycles. The van der Waals surface area contributed by atoms with Gasteiger partial charge < -0.3 is 14.6 Å². The van der Waals surface area contributed by atoms with Gasteiger partial charge in [-0.05, 0) is 31.5 Å². The molecule has 1 N–H and O–H groups in total. The summed E-state index contributed by atoms with van der Waals surface area (Å²) < 4.78 is 8.23. The van der Waals surface area contributed by atoms with Crippen molar-refractivity contribution < 1.29 is 14.3 Å². The summed E-state index contributed by atoms with van der Waals surface area (Å²) in [7, 11) is 0. The zero-order valence-electron chi connectivity index (χ0n) is 19.2. The summed E-state index contributed by atoms with van der Waals surface area (Å²) in [6, 6.07) is 17.4. The molecule has 2 aromatic heterocycles. The molecule has 0 unspecified atom stereocenters. The van der Waals surface area contributed by atoms with E-state index in [0.29, 0.717) is 22.3 Å². The SMILES string of the molecule is CCOC(=O)c1c(-c2ccccc2)csc1NC(=O)CSc1nnc(-c2ccc(Br)cc2)n1CC. The number of rotatable bonds is 9. The molecule has 4 aromatic rings. The molecule has 1 amide bonds. The van der Waals surface area contributed by atoms with Gasteiger partial charge in [0.15, 0.2) is 11.0 Å². The van der Waals surface area contributed by atoms with Crippen LogP contribution < -0.4 is 5.32 Å². The van der Waals surface area contributed by atoms with Crippen LogP contribution in [0.25, 0.3) is 22.5 Å². The Labute approximate surface area is 220 Å². The number of thioether (sulfide) groups is 1. The Morgan fingerprint density at radius 1 is 1.06 bits per heavy atom. The highest BCUT2D eigenvalue weighted by molar-refractivity contribution is 9.10. The Morgan fingerprint density at radius 2 is 1.80 bits per heavy atom. The second kappa shape index (κ2) is 11.7. The van der Waals surface area contributed by atoms with Gasteiger partial charge >= 0.3 is 5.97 Å². The molecule has 10 heteroatoms. The molecule has 0 bridgehead atoms. The Kier molecular flexibility index (Phi) is 8.37. The summed E-state index contributed by atoms with van der Waals surface area (Å²) in [5.41, 5.74) is 2.95. The predicted molar refractivity (Wildman–Crippen MR) is 144 cm³/mol. The van der Waals surface area contributed by atoms with Crippen molar-refractivity contribution in [2.75, 3.05) is 17.7 Å². The van der Waals surface area contributed by atoms with E-state index >= 15 is 0 Å². The number of hydrogen-bond acceptors (Lipinski definition) is 7. The number of thiophene rings is 1. The molecule has 180 valence electrons. The third-order valence-electron chi connectivity index (χ3n) is 5.08. The van der Waals surface area contributed by atoms with Gasteiger partial charge in [-0.2, -0.15) is 0 Å². The summed E-state index contributed by atoms with van der Waals surface area (Å²) >= 11 is 6.05. The molecule has 0 radical (unpaired) electrons. The van der Waals surface area contributed by atoms with Gasteiger partial charge in [-0.3, -0.25) is 4.79 Å². The maximum atomic E-state index is 12.8. The number of benzene rings is 2. The van der Waals surface area contributed by atoms with Gasteiger partial charge in [0.05, 0.1) is 12.4 Å². The van der Waals surface area contributed by atoms with Crippen molar-refractivity contribution >= 4 is 55.9 Å². The van der Waals surface area contributed by atoms with Crippen LogP contribution in [0.4, 0.5) is 5.00 Å². The van der Waals surface area contributed by atoms with E-state index in [1.54, 1.807) is 6.92 Å². The fraction of sp³-hybridized carbons (Fsp3) is 0.200. The Hall–Kier alpha value is -2.95. The van der Waals surface area contributed by atoms with Crippen LogP contribution >= 0.6 is 39.0 Å². The van der Waals surface area contributed by atoms with Crippen molar-refractivity contribution in [2.45, 2.75) is 25.5 Å². The highest BCUT2D eigenvalue weighted by Crippen LogP contribution is 2.36. The van der Waals surface area contributed by atoms with Crippen LogP contribution in [0.2, 0.25) is 0 Å². The molecule has 0 aliphatic rings. The average molecular weight is 572 g/mol. The van der Waals surface area contributed by atoms with E-state index in [1.807, 2.05) is 71.5 Å². The minimum Gasteiger partial charge on any atom is -0.462 e. The Balaban J connectivity index is 1.50. The number of ether oxygens (including phenoxy) is 1. The van der Waals surface area contributed by atoms with E-state index in [9.17, 15) is 9.59 Å². The summed E-state index contributed by atoms with van der Waals surface area (Å²) in [5, 5.41) is 14.5. The number of carbonyl (C=O) groups excluding carboxylic acids is 2. The monoisotopic (exact) mass is 570 g/mol. The smallest absolute Gasteiger partial charge is 0.341 e. The lowest BCUT2D eigenvalue weighted by Gasteiger charge is -2.09. The highest BCUT2D eigenvalue weighted by atomic mass is 79.9. The van der Waals surface area contributed by atoms with E-state index in [1.165, 1.54) is 23.1 Å². The second-order valence-electron chi connectivity index (χ2n) is 7.33. The first kappa shape index (κ1) is 25.2. The van der Waals surface area contributed by atoms with Crippen molar-refractivity contribution in [1.29, 1.82) is 0 Å². The molecule has 0 saturated heterocycles. The Bertz CT molecular complexity index is 1320. The average Bonchev–Trinajstić information content (AvgIpc) is 3.48. The van der Waals surface area contributed by atoms with Gasteiger partial charge in [-0.1, -0.05) is 70.2 Å². The van der Waals surface area contributed by atoms with E-state index < -0.39 is 5.97 Å². The molecule has 0 atom stereocenters. The predicted octanol–water partition coefficient (Wildman–Crippen LogP) is 6.36. The van der Waals surface area contributed by atoms with E-state index in [-0.39, 0.29) is 18.3 Å². The first-order chi connectivity index (χ1) is 17.0. The molecular formula is C25H23BrN4O3S2. The number of hydrogen-bond donors (Lipinski definition) is 1. The summed E-state index contributed by atoms with van der Waals surface area (Å²) in [5.74, 6) is 0.177. The number of amides is 1. The van der Waals surface area contributed by atoms with Crippen molar-refractivity contribution in [1.82, 2.24) is 14.8 Å². The largest absolute Gasteiger partial charge is 0.462 e. The van der Waals surface area contributed by atoms with E-state index in [0.717, 1.165) is 27.0 Å². The molecule has 4 rings (SSSR count). The van der Waals surface area contributed by atoms with Crippen LogP contribution in [-0.2, 0) is 16.1 Å². The first-order valence-corrected chi connectivity index (χ1v) is 13.6. The third-order valence-corrected chi connectivity index (χ3v) is 7.47. The maximum absolute atomic E-state index is 12.8. The van der Waals surface area contributed by atoms with Crippen molar-refractivity contribution in [2.24, 2.45) is 0 Å². The Morgan fingerprint density at radius 3 is 2.49 bits per heavy atom. The van der Waals surface area contributed by atoms with Gasteiger partial charge in [0.25, 0.3) is 0 Å². The zero-order valence-corrected chi connectivity index (χ0v) is 22.4. The summed E-state index contributed by atoms with van der Waals surface area (Å²) in [4.78, 5) is 25.6. The minimum absolute atomic E-state index is 0.124. The molecule has 0 aliphatic carbocycles. The van der Waals surface area contributed by atoms with Gasteiger partial charge in [0.2, 0.25) is 5.91 Å². The van der Waals surface area contributed by atoms with Gasteiger partial charge in [-0.15, -0.1) is 21.5 Å². The van der Waals surface area contributed by atoms with Crippen molar-refractivity contribution in [3.05, 3.63) is 70.0 Å². The number of nitrogens with zero attached hydrogens (tertiary/aromatic N) is 3. The topological polar surface area (TPSA) is 86.1 Å². The van der Waals surface area contributed by atoms with Gasteiger partial charge in [-0.25, -0.2) is 4.79 Å². The van der Waals surface area contributed by atoms with Crippen molar-refractivity contribution in [3.8, 4) is 22.5 Å². The highest BCUT2D eigenvalue weighted by Gasteiger charge is 2.23. The molecule has 35 heavy (non-hydrogen) atoms. The van der Waals surface area contributed by atoms with Crippen LogP contribution in [0.15, 0.2) is 69.6 Å². The summed E-state index contributed by atoms with van der Waals surface area (Å²) in [6.07, 6.45) is 0. The fourth-order valence-corrected chi connectivity index (χ4v) is 5.51. The molecule has 2 aromatic carbocycles. The quantitative estimate of drug-likeness (QED) is 0.186. The molecule has 0 saturated carbocycles. The second-order valence-corrected chi connectivity index (χ2v) is 10.1. The van der Waals surface area contributed by atoms with E-state index in [4.69, 9.17) is 4.74 Å². The fourth-order valence-electron chi connectivity index (χ4n) is 3.47. The molecule has 7 nitrogen and oxygen atoms in total. The maximum Gasteiger partial charge on any atom is 0.341 e. The number of carbonyl (C=O) groups is 2. The summed E-state index contributed by atoms with van der Waals surface area (Å²) in [6.45, 7) is 4.69. The number of aromatic nitrogens is 3. The number of nitrogens with one attached hydrogen (secondary N) is 1. The first-order valence-electron chi connectivity index (χ1n) is 11.0. The lowest BCUT2D eigenvalue weighted by atomic mass is 10.0. The van der Waals surface area contributed by atoms with Crippen LogP contribution in [0, 0.1) is 0 Å². The van der Waals surface area contributed by atoms with Crippen molar-refractivity contribution in [3.63, 3.8) is 0 Å². The molecule has 0 fully saturated rings. The van der Waals surface area contributed by atoms with Crippen LogP contribution in [0.5, 0.6) is 0 Å².